The fourth-order valence-electron chi connectivity index (χ4n) is 4.84. The Balaban J connectivity index is 1.98. The molecule has 27 heavy (non-hydrogen) atoms. The van der Waals surface area contributed by atoms with Crippen LogP contribution in [0.5, 0.6) is 5.75 Å². The van der Waals surface area contributed by atoms with Crippen LogP contribution in [0.25, 0.3) is 0 Å². The number of ketones is 3. The molecule has 0 aromatic heterocycles. The van der Waals surface area contributed by atoms with Gasteiger partial charge >= 0.3 is 0 Å². The standard InChI is InChI=1S/C23H30O4/c1-7-8-17(24)21-18(25)9-15(10-19(21)26)20-12(2)13(3)22-16(14(20)4)11-23(5,6)27-22/h15,21H,7-11H2,1-6H3. The second-order valence-electron chi connectivity index (χ2n) is 8.82. The molecule has 1 fully saturated rings. The van der Waals surface area contributed by atoms with Crippen molar-refractivity contribution < 1.29 is 19.1 Å². The van der Waals surface area contributed by atoms with E-state index < -0.39 is 5.92 Å². The van der Waals surface area contributed by atoms with Crippen LogP contribution in [0, 0.1) is 26.7 Å². The summed E-state index contributed by atoms with van der Waals surface area (Å²) in [5.74, 6) is -0.822. The summed E-state index contributed by atoms with van der Waals surface area (Å²) in [5, 5.41) is 0. The van der Waals surface area contributed by atoms with Crippen molar-refractivity contribution in [2.45, 2.75) is 85.2 Å². The van der Waals surface area contributed by atoms with E-state index in [0.29, 0.717) is 12.8 Å². The van der Waals surface area contributed by atoms with Gasteiger partial charge in [0, 0.05) is 31.2 Å². The second-order valence-corrected chi connectivity index (χ2v) is 8.82. The fraction of sp³-hybridized carbons (Fsp3) is 0.609. The first-order valence-electron chi connectivity index (χ1n) is 9.97. The maximum Gasteiger partial charge on any atom is 0.151 e. The third-order valence-corrected chi connectivity index (χ3v) is 6.18. The van der Waals surface area contributed by atoms with E-state index in [0.717, 1.165) is 34.4 Å². The molecule has 0 amide bonds. The van der Waals surface area contributed by atoms with Gasteiger partial charge in [0.05, 0.1) is 0 Å². The van der Waals surface area contributed by atoms with E-state index in [1.165, 1.54) is 5.56 Å². The minimum atomic E-state index is -1.03. The second kappa shape index (κ2) is 6.88. The van der Waals surface area contributed by atoms with Crippen LogP contribution < -0.4 is 4.74 Å². The van der Waals surface area contributed by atoms with E-state index in [1.807, 2.05) is 6.92 Å². The van der Waals surface area contributed by atoms with E-state index in [1.54, 1.807) is 0 Å². The Kier molecular flexibility index (Phi) is 5.04. The molecule has 1 aliphatic carbocycles. The van der Waals surface area contributed by atoms with Crippen molar-refractivity contribution in [1.82, 2.24) is 0 Å². The highest BCUT2D eigenvalue weighted by Crippen LogP contribution is 2.46. The van der Waals surface area contributed by atoms with Crippen molar-refractivity contribution in [3.05, 3.63) is 27.8 Å². The number of carbonyl (C=O) groups is 3. The van der Waals surface area contributed by atoms with E-state index >= 15 is 0 Å². The van der Waals surface area contributed by atoms with Gasteiger partial charge in [-0.15, -0.1) is 0 Å². The number of benzene rings is 1. The Labute approximate surface area is 161 Å². The highest BCUT2D eigenvalue weighted by molar-refractivity contribution is 6.21. The molecule has 0 radical (unpaired) electrons. The SMILES string of the molecule is CCCC(=O)C1C(=O)CC(c2c(C)c(C)c3c(c2C)CC(C)(C)O3)CC1=O. The Bertz CT molecular complexity index is 814. The van der Waals surface area contributed by atoms with E-state index in [4.69, 9.17) is 4.74 Å². The first kappa shape index (κ1) is 19.8. The minimum absolute atomic E-state index is 0.136. The van der Waals surface area contributed by atoms with Gasteiger partial charge in [-0.3, -0.25) is 14.4 Å². The van der Waals surface area contributed by atoms with Gasteiger partial charge in [-0.25, -0.2) is 0 Å². The van der Waals surface area contributed by atoms with Crippen LogP contribution in [0.2, 0.25) is 0 Å². The van der Waals surface area contributed by atoms with Crippen molar-refractivity contribution in [2.75, 3.05) is 0 Å². The van der Waals surface area contributed by atoms with Crippen LogP contribution in [0.4, 0.5) is 0 Å². The summed E-state index contributed by atoms with van der Waals surface area (Å²) in [7, 11) is 0. The van der Waals surface area contributed by atoms with Crippen LogP contribution in [-0.2, 0) is 20.8 Å². The normalized spacial score (nSPS) is 23.9. The molecule has 1 saturated carbocycles. The molecule has 4 nitrogen and oxygen atoms in total. The lowest BCUT2D eigenvalue weighted by molar-refractivity contribution is -0.142. The molecule has 3 rings (SSSR count). The molecule has 4 heteroatoms. The monoisotopic (exact) mass is 370 g/mol. The molecule has 0 spiro atoms. The number of fused-ring (bicyclic) bond motifs is 1. The largest absolute Gasteiger partial charge is 0.487 e. The maximum absolute atomic E-state index is 12.7. The maximum atomic E-state index is 12.7. The first-order chi connectivity index (χ1) is 12.6. The lowest BCUT2D eigenvalue weighted by Gasteiger charge is -2.29. The number of ether oxygens (including phenoxy) is 1. The number of carbonyl (C=O) groups excluding carboxylic acids is 3. The van der Waals surface area contributed by atoms with Gasteiger partial charge in [-0.05, 0) is 69.2 Å². The molecule has 2 aliphatic rings. The van der Waals surface area contributed by atoms with Crippen LogP contribution in [0.3, 0.4) is 0 Å². The minimum Gasteiger partial charge on any atom is -0.487 e. The van der Waals surface area contributed by atoms with Crippen molar-refractivity contribution in [2.24, 2.45) is 5.92 Å². The molecule has 0 bridgehead atoms. The predicted octanol–water partition coefficient (Wildman–Crippen LogP) is 4.33. The Morgan fingerprint density at radius 1 is 1.04 bits per heavy atom. The zero-order valence-electron chi connectivity index (χ0n) is 17.3. The lowest BCUT2D eigenvalue weighted by Crippen LogP contribution is -2.38. The number of hydrogen-bond donors (Lipinski definition) is 0. The van der Waals surface area contributed by atoms with Crippen molar-refractivity contribution >= 4 is 17.3 Å². The molecule has 146 valence electrons. The van der Waals surface area contributed by atoms with Crippen molar-refractivity contribution in [3.8, 4) is 5.75 Å². The van der Waals surface area contributed by atoms with Crippen LogP contribution in [-0.4, -0.2) is 23.0 Å². The Morgan fingerprint density at radius 3 is 2.19 bits per heavy atom. The van der Waals surface area contributed by atoms with Crippen LogP contribution in [0.1, 0.15) is 80.2 Å². The average molecular weight is 370 g/mol. The summed E-state index contributed by atoms with van der Waals surface area (Å²) in [6.07, 6.45) is 2.34. The summed E-state index contributed by atoms with van der Waals surface area (Å²) in [6, 6.07) is 0. The first-order valence-corrected chi connectivity index (χ1v) is 9.97. The van der Waals surface area contributed by atoms with Crippen LogP contribution in [0.15, 0.2) is 0 Å². The Hall–Kier alpha value is -1.97. The summed E-state index contributed by atoms with van der Waals surface area (Å²) < 4.78 is 6.17. The van der Waals surface area contributed by atoms with Gasteiger partial charge < -0.3 is 4.74 Å². The van der Waals surface area contributed by atoms with Gasteiger partial charge in [0.25, 0.3) is 0 Å². The smallest absolute Gasteiger partial charge is 0.151 e. The molecule has 0 unspecified atom stereocenters. The van der Waals surface area contributed by atoms with Gasteiger partial charge in [0.2, 0.25) is 0 Å². The highest BCUT2D eigenvalue weighted by Gasteiger charge is 2.42. The lowest BCUT2D eigenvalue weighted by atomic mass is 9.72. The van der Waals surface area contributed by atoms with Gasteiger partial charge in [0.1, 0.15) is 17.3 Å². The van der Waals surface area contributed by atoms with Gasteiger partial charge in [0.15, 0.2) is 17.3 Å². The molecule has 0 saturated heterocycles. The number of hydrogen-bond acceptors (Lipinski definition) is 4. The molecule has 0 atom stereocenters. The van der Waals surface area contributed by atoms with Crippen molar-refractivity contribution in [1.29, 1.82) is 0 Å². The molecule has 1 heterocycles. The highest BCUT2D eigenvalue weighted by atomic mass is 16.5. The Morgan fingerprint density at radius 2 is 1.63 bits per heavy atom. The van der Waals surface area contributed by atoms with Gasteiger partial charge in [-0.1, -0.05) is 6.92 Å². The predicted molar refractivity (Wildman–Crippen MR) is 104 cm³/mol. The van der Waals surface area contributed by atoms with Crippen LogP contribution >= 0.6 is 0 Å². The molecule has 1 aromatic carbocycles. The number of rotatable bonds is 4. The quantitative estimate of drug-likeness (QED) is 0.740. The zero-order chi connectivity index (χ0) is 20.1. The molecular formula is C23H30O4. The summed E-state index contributed by atoms with van der Waals surface area (Å²) in [5.41, 5.74) is 5.41. The van der Waals surface area contributed by atoms with E-state index in [-0.39, 0.29) is 41.7 Å². The van der Waals surface area contributed by atoms with Crippen molar-refractivity contribution in [3.63, 3.8) is 0 Å². The third kappa shape index (κ3) is 3.35. The average Bonchev–Trinajstić information content (AvgIpc) is 2.89. The van der Waals surface area contributed by atoms with E-state index in [9.17, 15) is 14.4 Å². The summed E-state index contributed by atoms with van der Waals surface area (Å²) in [6.45, 7) is 12.2. The molecule has 1 aromatic rings. The van der Waals surface area contributed by atoms with Gasteiger partial charge in [-0.2, -0.15) is 0 Å². The summed E-state index contributed by atoms with van der Waals surface area (Å²) in [4.78, 5) is 37.6. The third-order valence-electron chi connectivity index (χ3n) is 6.18. The molecule has 1 aliphatic heterocycles. The molecule has 0 N–H and O–H groups in total. The zero-order valence-corrected chi connectivity index (χ0v) is 17.3. The number of Topliss-reactive ketones (excluding diaryl/α,β-unsaturated/α-hetero) is 3. The fourth-order valence-corrected chi connectivity index (χ4v) is 4.84. The molecular weight excluding hydrogens is 340 g/mol. The summed E-state index contributed by atoms with van der Waals surface area (Å²) >= 11 is 0. The van der Waals surface area contributed by atoms with E-state index in [2.05, 4.69) is 34.6 Å². The topological polar surface area (TPSA) is 60.4 Å².